The van der Waals surface area contributed by atoms with Crippen LogP contribution in [0.3, 0.4) is 0 Å². The molecular weight excluding hydrogens is 789 g/mol. The summed E-state index contributed by atoms with van der Waals surface area (Å²) in [4.78, 5) is 51.8. The van der Waals surface area contributed by atoms with Crippen LogP contribution in [0.25, 0.3) is 20.7 Å². The number of thioether (sulfide) groups is 1. The van der Waals surface area contributed by atoms with Gasteiger partial charge in [0.05, 0.1) is 37.5 Å². The molecule has 6 heterocycles. The van der Waals surface area contributed by atoms with Crippen LogP contribution in [0.15, 0.2) is 87.4 Å². The van der Waals surface area contributed by atoms with Gasteiger partial charge in [0.25, 0.3) is 11.5 Å². The average Bonchev–Trinajstić information content (AvgIpc) is 3.93. The van der Waals surface area contributed by atoms with Crippen LogP contribution in [0.4, 0.5) is 0 Å². The summed E-state index contributed by atoms with van der Waals surface area (Å²) in [6.07, 6.45) is 1.90. The van der Waals surface area contributed by atoms with E-state index in [1.807, 2.05) is 90.3 Å². The molecule has 1 amide bonds. The summed E-state index contributed by atoms with van der Waals surface area (Å²) in [5.74, 6) is 4.04. The van der Waals surface area contributed by atoms with Crippen LogP contribution >= 0.6 is 23.1 Å². The van der Waals surface area contributed by atoms with Crippen molar-refractivity contribution in [2.24, 2.45) is 4.99 Å². The summed E-state index contributed by atoms with van der Waals surface area (Å²) < 4.78 is 20.2. The topological polar surface area (TPSA) is 148 Å². The molecule has 0 unspecified atom stereocenters. The van der Waals surface area contributed by atoms with E-state index in [-0.39, 0.29) is 30.8 Å². The molecule has 0 bridgehead atoms. The van der Waals surface area contributed by atoms with Crippen molar-refractivity contribution in [3.63, 3.8) is 0 Å². The highest BCUT2D eigenvalue weighted by Gasteiger charge is 2.35. The van der Waals surface area contributed by atoms with Crippen LogP contribution in [0, 0.1) is 0 Å². The fraction of sp³-hybridized carbons (Fsp3) is 0.372. The number of piperidine rings is 1. The first-order valence-corrected chi connectivity index (χ1v) is 21.8. The highest BCUT2D eigenvalue weighted by Crippen LogP contribution is 2.44. The number of ether oxygens (including phenoxy) is 3. The lowest BCUT2D eigenvalue weighted by molar-refractivity contribution is 0.0691. The number of carbonyl (C=O) groups excluding carboxylic acids is 1. The largest absolute Gasteiger partial charge is 0.493 e. The number of carbonyl (C=O) groups is 1. The van der Waals surface area contributed by atoms with Crippen LogP contribution < -0.4 is 20.7 Å². The van der Waals surface area contributed by atoms with E-state index in [2.05, 4.69) is 21.5 Å². The van der Waals surface area contributed by atoms with E-state index in [9.17, 15) is 14.4 Å². The van der Waals surface area contributed by atoms with Gasteiger partial charge >= 0.3 is 5.69 Å². The third-order valence-corrected chi connectivity index (χ3v) is 13.7. The van der Waals surface area contributed by atoms with Crippen molar-refractivity contribution >= 4 is 44.9 Å². The van der Waals surface area contributed by atoms with E-state index < -0.39 is 11.7 Å². The van der Waals surface area contributed by atoms with Gasteiger partial charge in [0.15, 0.2) is 24.1 Å². The van der Waals surface area contributed by atoms with Gasteiger partial charge in [0, 0.05) is 59.5 Å². The standard InChI is InChI=1S/C43H44N8O6S2/c1-4-57-36-20-30-31(21-35(36)56-3)39(44-33-16-19-58-24-32(30)33)27-10-12-28(13-11-27)41(52)48-17-14-29(15-18-48)51-42(53)40-34(22-37(59-40)26-8-6-5-7-9-26)49(43(51)54)23-38-45-47-50(46-38)25-55-2/h5-13,20-22,29,32-33H,4,14-19,23-25H2,1-3H3/t32-,33-/m1/s1. The first-order valence-electron chi connectivity index (χ1n) is 19.8. The van der Waals surface area contributed by atoms with Crippen LogP contribution in [-0.2, 0) is 18.0 Å². The molecule has 59 heavy (non-hydrogen) atoms. The van der Waals surface area contributed by atoms with E-state index in [1.165, 1.54) is 33.4 Å². The normalized spacial score (nSPS) is 18.0. The van der Waals surface area contributed by atoms with E-state index >= 15 is 0 Å². The van der Waals surface area contributed by atoms with Gasteiger partial charge in [-0.2, -0.15) is 11.8 Å². The van der Waals surface area contributed by atoms with Crippen LogP contribution in [-0.4, -0.2) is 97.3 Å². The first kappa shape index (κ1) is 38.9. The lowest BCUT2D eigenvalue weighted by Gasteiger charge is -2.35. The second-order valence-electron chi connectivity index (χ2n) is 14.9. The van der Waals surface area contributed by atoms with Gasteiger partial charge in [-0.3, -0.25) is 23.7 Å². The molecule has 0 N–H and O–H groups in total. The van der Waals surface area contributed by atoms with Gasteiger partial charge in [-0.1, -0.05) is 42.5 Å². The van der Waals surface area contributed by atoms with Gasteiger partial charge in [-0.15, -0.1) is 26.3 Å². The molecule has 3 aromatic heterocycles. The highest BCUT2D eigenvalue weighted by atomic mass is 32.2. The predicted octanol–water partition coefficient (Wildman–Crippen LogP) is 5.86. The van der Waals surface area contributed by atoms with Crippen LogP contribution in [0.1, 0.15) is 71.0 Å². The van der Waals surface area contributed by atoms with Crippen molar-refractivity contribution in [1.82, 2.24) is 34.2 Å². The number of aromatic nitrogens is 6. The summed E-state index contributed by atoms with van der Waals surface area (Å²) in [7, 11) is 3.19. The first-order chi connectivity index (χ1) is 28.8. The van der Waals surface area contributed by atoms with Gasteiger partial charge in [-0.25, -0.2) is 4.79 Å². The van der Waals surface area contributed by atoms with E-state index in [0.29, 0.717) is 65.8 Å². The average molecular weight is 833 g/mol. The smallest absolute Gasteiger partial charge is 0.332 e. The number of thiophene rings is 1. The summed E-state index contributed by atoms with van der Waals surface area (Å²) in [6, 6.07) is 23.3. The summed E-state index contributed by atoms with van der Waals surface area (Å²) in [6.45, 7) is 3.45. The molecule has 3 aliphatic heterocycles. The third-order valence-electron chi connectivity index (χ3n) is 11.4. The summed E-state index contributed by atoms with van der Waals surface area (Å²) in [5, 5.41) is 12.5. The molecule has 3 aliphatic rings. The molecular formula is C43H44N8O6S2. The maximum absolute atomic E-state index is 14.3. The number of aliphatic imine (C=N–C) groups is 1. The zero-order valence-corrected chi connectivity index (χ0v) is 34.7. The summed E-state index contributed by atoms with van der Waals surface area (Å²) >= 11 is 3.33. The molecule has 0 radical (unpaired) electrons. The van der Waals surface area contributed by atoms with Gasteiger partial charge < -0.3 is 19.1 Å². The van der Waals surface area contributed by atoms with E-state index in [0.717, 1.165) is 51.0 Å². The van der Waals surface area contributed by atoms with Gasteiger partial charge in [0.2, 0.25) is 0 Å². The van der Waals surface area contributed by atoms with Crippen molar-refractivity contribution in [1.29, 1.82) is 0 Å². The number of benzene rings is 3. The number of fused-ring (bicyclic) bond motifs is 4. The van der Waals surface area contributed by atoms with Crippen molar-refractivity contribution in [2.45, 2.75) is 57.5 Å². The Morgan fingerprint density at radius 1 is 0.932 bits per heavy atom. The number of amides is 1. The fourth-order valence-corrected chi connectivity index (χ4v) is 10.8. The van der Waals surface area contributed by atoms with E-state index in [1.54, 1.807) is 11.7 Å². The highest BCUT2D eigenvalue weighted by molar-refractivity contribution is 7.99. The van der Waals surface area contributed by atoms with Gasteiger partial charge in [0.1, 0.15) is 4.70 Å². The molecule has 0 saturated carbocycles. The summed E-state index contributed by atoms with van der Waals surface area (Å²) in [5.41, 5.74) is 5.38. The maximum atomic E-state index is 14.3. The second kappa shape index (κ2) is 16.6. The Kier molecular flexibility index (Phi) is 10.9. The van der Waals surface area contributed by atoms with Crippen molar-refractivity contribution < 1.29 is 19.0 Å². The zero-order valence-electron chi connectivity index (χ0n) is 33.1. The Balaban J connectivity index is 0.965. The Hall–Kier alpha value is -5.58. The second-order valence-corrected chi connectivity index (χ2v) is 17.1. The Bertz CT molecular complexity index is 2660. The molecule has 9 rings (SSSR count). The molecule has 14 nitrogen and oxygen atoms in total. The minimum atomic E-state index is -0.444. The molecule has 2 atom stereocenters. The zero-order chi connectivity index (χ0) is 40.6. The Labute approximate surface area is 348 Å². The quantitative estimate of drug-likeness (QED) is 0.156. The fourth-order valence-electron chi connectivity index (χ4n) is 8.47. The Morgan fingerprint density at radius 2 is 1.73 bits per heavy atom. The van der Waals surface area contributed by atoms with Crippen molar-refractivity contribution in [2.75, 3.05) is 45.4 Å². The molecule has 0 spiro atoms. The Morgan fingerprint density at radius 3 is 2.47 bits per heavy atom. The number of rotatable bonds is 11. The minimum absolute atomic E-state index is 0.0256. The molecule has 16 heteroatoms. The molecule has 6 aromatic rings. The molecule has 304 valence electrons. The number of hydrogen-bond donors (Lipinski definition) is 0. The number of hydrogen-bond acceptors (Lipinski definition) is 12. The molecule has 3 aromatic carbocycles. The van der Waals surface area contributed by atoms with Crippen LogP contribution in [0.2, 0.25) is 0 Å². The SMILES string of the molecule is CCOc1cc2c(cc1OC)C(c1ccc(C(=O)N3CCC(n4c(=O)c5sc(-c6ccccc6)cc5n(Cc5nnn(COC)n5)c4=O)CC3)cc1)=N[C@@H]1CCSC[C@H]21. The third kappa shape index (κ3) is 7.38. The number of tetrazole rings is 1. The number of methoxy groups -OCH3 is 2. The molecule has 0 aliphatic carbocycles. The molecule has 2 fully saturated rings. The van der Waals surface area contributed by atoms with Crippen molar-refractivity contribution in [3.05, 3.63) is 122 Å². The number of nitrogens with zero attached hydrogens (tertiary/aromatic N) is 8. The lowest BCUT2D eigenvalue weighted by Crippen LogP contribution is -2.46. The molecule has 2 saturated heterocycles. The van der Waals surface area contributed by atoms with Gasteiger partial charge in [-0.05, 0) is 78.6 Å². The van der Waals surface area contributed by atoms with Crippen LogP contribution in [0.5, 0.6) is 11.5 Å². The lowest BCUT2D eigenvalue weighted by atomic mass is 9.81. The predicted molar refractivity (Wildman–Crippen MR) is 229 cm³/mol. The number of likely N-dealkylation sites (tertiary alicyclic amines) is 1. The monoisotopic (exact) mass is 832 g/mol. The van der Waals surface area contributed by atoms with E-state index in [4.69, 9.17) is 19.2 Å². The minimum Gasteiger partial charge on any atom is -0.493 e. The van der Waals surface area contributed by atoms with Crippen molar-refractivity contribution in [3.8, 4) is 21.9 Å². The maximum Gasteiger partial charge on any atom is 0.332 e.